The van der Waals surface area contributed by atoms with Crippen LogP contribution in [0.15, 0.2) is 12.1 Å². The zero-order chi connectivity index (χ0) is 20.9. The minimum atomic E-state index is -2.55. The normalized spacial score (nSPS) is 26.2. The molecule has 3 fully saturated rings. The standard InChI is InChI=1S/C21H28F2N6O/c1-13-9-14(2)29(27-13)19-10-18(28-11-16-3-4-17(12-28)30-16)25-20(26-19)24-15-5-7-21(22,23)8-6-15/h9-10,15-17H,3-8,11-12H2,1-2H3,(H,24,25,26). The Labute approximate surface area is 174 Å². The van der Waals surface area contributed by atoms with Crippen LogP contribution in [-0.4, -0.2) is 57.0 Å². The molecular formula is C21H28F2N6O. The predicted octanol–water partition coefficient (Wildman–Crippen LogP) is 3.64. The quantitative estimate of drug-likeness (QED) is 0.818. The second kappa shape index (κ2) is 7.44. The number of aromatic nitrogens is 4. The van der Waals surface area contributed by atoms with Crippen LogP contribution in [0.4, 0.5) is 20.5 Å². The van der Waals surface area contributed by atoms with Gasteiger partial charge in [-0.25, -0.2) is 13.5 Å². The average molecular weight is 418 g/mol. The van der Waals surface area contributed by atoms with Crippen molar-refractivity contribution in [2.24, 2.45) is 0 Å². The molecule has 0 aromatic carbocycles. The predicted molar refractivity (Wildman–Crippen MR) is 110 cm³/mol. The molecule has 0 amide bonds. The van der Waals surface area contributed by atoms with Crippen molar-refractivity contribution in [1.29, 1.82) is 0 Å². The fourth-order valence-corrected chi connectivity index (χ4v) is 4.79. The molecule has 7 nitrogen and oxygen atoms in total. The number of hydrogen-bond acceptors (Lipinski definition) is 6. The summed E-state index contributed by atoms with van der Waals surface area (Å²) in [5, 5.41) is 7.89. The van der Waals surface area contributed by atoms with Gasteiger partial charge in [-0.15, -0.1) is 0 Å². The molecule has 0 radical (unpaired) electrons. The van der Waals surface area contributed by atoms with Gasteiger partial charge in [0.05, 0.1) is 17.9 Å². The highest BCUT2D eigenvalue weighted by Crippen LogP contribution is 2.34. The maximum absolute atomic E-state index is 13.5. The molecule has 1 saturated carbocycles. The van der Waals surface area contributed by atoms with Gasteiger partial charge < -0.3 is 15.0 Å². The van der Waals surface area contributed by atoms with Crippen molar-refractivity contribution in [3.63, 3.8) is 0 Å². The summed E-state index contributed by atoms with van der Waals surface area (Å²) in [4.78, 5) is 11.7. The number of rotatable bonds is 4. The summed E-state index contributed by atoms with van der Waals surface area (Å²) in [5.41, 5.74) is 1.91. The number of hydrogen-bond donors (Lipinski definition) is 1. The number of morpholine rings is 1. The van der Waals surface area contributed by atoms with Gasteiger partial charge in [-0.2, -0.15) is 15.1 Å². The molecule has 4 heterocycles. The molecule has 0 spiro atoms. The molecule has 2 atom stereocenters. The summed E-state index contributed by atoms with van der Waals surface area (Å²) in [6, 6.07) is 3.92. The van der Waals surface area contributed by atoms with E-state index in [4.69, 9.17) is 9.72 Å². The van der Waals surface area contributed by atoms with E-state index in [2.05, 4.69) is 20.3 Å². The molecule has 2 unspecified atom stereocenters. The molecule has 162 valence electrons. The lowest BCUT2D eigenvalue weighted by atomic mass is 9.92. The van der Waals surface area contributed by atoms with Gasteiger partial charge >= 0.3 is 0 Å². The molecule has 5 rings (SSSR count). The van der Waals surface area contributed by atoms with Crippen LogP contribution < -0.4 is 10.2 Å². The van der Waals surface area contributed by atoms with E-state index in [-0.39, 0.29) is 31.1 Å². The Kier molecular flexibility index (Phi) is 4.88. The van der Waals surface area contributed by atoms with Crippen molar-refractivity contribution in [2.45, 2.75) is 76.5 Å². The van der Waals surface area contributed by atoms with Crippen molar-refractivity contribution in [2.75, 3.05) is 23.3 Å². The monoisotopic (exact) mass is 418 g/mol. The number of nitrogens with one attached hydrogen (secondary N) is 1. The molecule has 2 saturated heterocycles. The van der Waals surface area contributed by atoms with E-state index >= 15 is 0 Å². The minimum absolute atomic E-state index is 0.0472. The van der Waals surface area contributed by atoms with Crippen LogP contribution in [0.5, 0.6) is 0 Å². The highest BCUT2D eigenvalue weighted by Gasteiger charge is 2.36. The lowest BCUT2D eigenvalue weighted by Crippen LogP contribution is -2.43. The summed E-state index contributed by atoms with van der Waals surface area (Å²) >= 11 is 0. The number of nitrogens with zero attached hydrogens (tertiary/aromatic N) is 5. The maximum Gasteiger partial charge on any atom is 0.248 e. The van der Waals surface area contributed by atoms with Gasteiger partial charge in [-0.3, -0.25) is 0 Å². The summed E-state index contributed by atoms with van der Waals surface area (Å²) in [6.07, 6.45) is 3.29. The van der Waals surface area contributed by atoms with Crippen LogP contribution >= 0.6 is 0 Å². The van der Waals surface area contributed by atoms with Crippen LogP contribution in [0.3, 0.4) is 0 Å². The Hall–Kier alpha value is -2.29. The number of anilines is 2. The van der Waals surface area contributed by atoms with Gasteiger partial charge in [0.1, 0.15) is 5.82 Å². The smallest absolute Gasteiger partial charge is 0.248 e. The topological polar surface area (TPSA) is 68.1 Å². The zero-order valence-electron chi connectivity index (χ0n) is 17.4. The Morgan fingerprint density at radius 2 is 1.67 bits per heavy atom. The van der Waals surface area contributed by atoms with Crippen LogP contribution in [-0.2, 0) is 4.74 Å². The minimum Gasteiger partial charge on any atom is -0.371 e. The zero-order valence-corrected chi connectivity index (χ0v) is 17.4. The molecule has 2 aromatic rings. The SMILES string of the molecule is Cc1cc(C)n(-c2cc(N3CC4CCC(C3)O4)nc(NC3CCC(F)(F)CC3)n2)n1. The van der Waals surface area contributed by atoms with E-state index < -0.39 is 5.92 Å². The highest BCUT2D eigenvalue weighted by molar-refractivity contribution is 5.50. The highest BCUT2D eigenvalue weighted by atomic mass is 19.3. The lowest BCUT2D eigenvalue weighted by molar-refractivity contribution is -0.0361. The van der Waals surface area contributed by atoms with E-state index in [1.54, 1.807) is 0 Å². The number of halogens is 2. The number of aryl methyl sites for hydroxylation is 2. The van der Waals surface area contributed by atoms with E-state index in [9.17, 15) is 8.78 Å². The third-order valence-corrected chi connectivity index (χ3v) is 6.34. The third-order valence-electron chi connectivity index (χ3n) is 6.34. The van der Waals surface area contributed by atoms with E-state index in [0.29, 0.717) is 24.6 Å². The largest absolute Gasteiger partial charge is 0.371 e. The molecule has 9 heteroatoms. The molecule has 3 aliphatic rings. The van der Waals surface area contributed by atoms with Crippen LogP contribution in [0.2, 0.25) is 0 Å². The second-order valence-corrected chi connectivity index (χ2v) is 8.88. The van der Waals surface area contributed by atoms with Crippen molar-refractivity contribution in [3.05, 3.63) is 23.5 Å². The Bertz CT molecular complexity index is 910. The Morgan fingerprint density at radius 1 is 1.00 bits per heavy atom. The summed E-state index contributed by atoms with van der Waals surface area (Å²) < 4.78 is 34.9. The van der Waals surface area contributed by atoms with E-state index in [0.717, 1.165) is 43.1 Å². The number of fused-ring (bicyclic) bond motifs is 2. The Morgan fingerprint density at radius 3 is 2.30 bits per heavy atom. The van der Waals surface area contributed by atoms with Gasteiger partial charge in [0.25, 0.3) is 0 Å². The van der Waals surface area contributed by atoms with Gasteiger partial charge in [0.2, 0.25) is 11.9 Å². The second-order valence-electron chi connectivity index (χ2n) is 8.88. The molecule has 2 aromatic heterocycles. The van der Waals surface area contributed by atoms with Crippen LogP contribution in [0.1, 0.15) is 49.9 Å². The molecule has 2 aliphatic heterocycles. The molecular weight excluding hydrogens is 390 g/mol. The van der Waals surface area contributed by atoms with Crippen LogP contribution in [0.25, 0.3) is 5.82 Å². The fraction of sp³-hybridized carbons (Fsp3) is 0.667. The third kappa shape index (κ3) is 3.99. The molecule has 1 N–H and O–H groups in total. The Balaban J connectivity index is 1.45. The van der Waals surface area contributed by atoms with Gasteiger partial charge in [0.15, 0.2) is 5.82 Å². The first-order valence-electron chi connectivity index (χ1n) is 10.8. The number of ether oxygens (including phenoxy) is 1. The first-order valence-corrected chi connectivity index (χ1v) is 10.8. The number of alkyl halides is 2. The van der Waals surface area contributed by atoms with Crippen molar-refractivity contribution >= 4 is 11.8 Å². The van der Waals surface area contributed by atoms with Gasteiger partial charge in [0, 0.05) is 43.7 Å². The average Bonchev–Trinajstić information content (AvgIpc) is 3.23. The van der Waals surface area contributed by atoms with Gasteiger partial charge in [-0.1, -0.05) is 0 Å². The van der Waals surface area contributed by atoms with Crippen molar-refractivity contribution in [3.8, 4) is 5.82 Å². The summed E-state index contributed by atoms with van der Waals surface area (Å²) in [7, 11) is 0. The van der Waals surface area contributed by atoms with Crippen molar-refractivity contribution < 1.29 is 13.5 Å². The van der Waals surface area contributed by atoms with Crippen molar-refractivity contribution in [1.82, 2.24) is 19.7 Å². The maximum atomic E-state index is 13.5. The molecule has 1 aliphatic carbocycles. The van der Waals surface area contributed by atoms with Crippen LogP contribution in [0, 0.1) is 13.8 Å². The molecule has 30 heavy (non-hydrogen) atoms. The summed E-state index contributed by atoms with van der Waals surface area (Å²) in [6.45, 7) is 5.55. The summed E-state index contributed by atoms with van der Waals surface area (Å²) in [5.74, 6) is -0.559. The first-order chi connectivity index (χ1) is 14.3. The lowest BCUT2D eigenvalue weighted by Gasteiger charge is -2.33. The fourth-order valence-electron chi connectivity index (χ4n) is 4.79. The molecule has 2 bridgehead atoms. The first kappa shape index (κ1) is 19.7. The van der Waals surface area contributed by atoms with E-state index in [1.165, 1.54) is 0 Å². The van der Waals surface area contributed by atoms with E-state index in [1.807, 2.05) is 30.7 Å². The van der Waals surface area contributed by atoms with Gasteiger partial charge in [-0.05, 0) is 45.6 Å².